The fourth-order valence-corrected chi connectivity index (χ4v) is 1.49. The number of carboxylic acids is 1. The molecule has 0 radical (unpaired) electrons. The highest BCUT2D eigenvalue weighted by Gasteiger charge is 2.12. The van der Waals surface area contributed by atoms with Crippen molar-refractivity contribution in [3.63, 3.8) is 0 Å². The Bertz CT molecular complexity index is 347. The lowest BCUT2D eigenvalue weighted by Crippen LogP contribution is -2.24. The summed E-state index contributed by atoms with van der Waals surface area (Å²) in [7, 11) is 0. The van der Waals surface area contributed by atoms with Gasteiger partial charge in [0.1, 0.15) is 0 Å². The van der Waals surface area contributed by atoms with Crippen molar-refractivity contribution in [2.75, 3.05) is 24.5 Å². The van der Waals surface area contributed by atoms with Crippen molar-refractivity contribution in [1.29, 1.82) is 0 Å². The zero-order valence-electron chi connectivity index (χ0n) is 11.5. The number of nitrogens with two attached hydrogens (primary N) is 1. The topological polar surface area (TPSA) is 66.6 Å². The average Bonchev–Trinajstić information content (AvgIpc) is 2.41. The van der Waals surface area contributed by atoms with Gasteiger partial charge in [-0.2, -0.15) is 0 Å². The number of anilines is 1. The molecule has 0 bridgehead atoms. The molecule has 0 aliphatic heterocycles. The van der Waals surface area contributed by atoms with E-state index in [1.165, 1.54) is 0 Å². The zero-order valence-corrected chi connectivity index (χ0v) is 11.5. The van der Waals surface area contributed by atoms with Crippen LogP contribution in [-0.2, 0) is 0 Å². The molecule has 1 aromatic carbocycles. The summed E-state index contributed by atoms with van der Waals surface area (Å²) < 4.78 is 0. The van der Waals surface area contributed by atoms with Gasteiger partial charge < -0.3 is 15.7 Å². The molecule has 0 atom stereocenters. The van der Waals surface area contributed by atoms with Crippen LogP contribution in [0.25, 0.3) is 0 Å². The monoisotopic (exact) mass is 252 g/mol. The molecule has 0 aromatic heterocycles. The Hall–Kier alpha value is -1.55. The first-order chi connectivity index (χ1) is 8.62. The van der Waals surface area contributed by atoms with Crippen LogP contribution in [0.2, 0.25) is 0 Å². The molecular weight excluding hydrogens is 228 g/mol. The number of aromatic carboxylic acids is 1. The van der Waals surface area contributed by atoms with E-state index in [1.807, 2.05) is 30.9 Å². The van der Waals surface area contributed by atoms with Crippen LogP contribution in [0.1, 0.15) is 37.6 Å². The van der Waals surface area contributed by atoms with Crippen LogP contribution in [0.5, 0.6) is 0 Å². The van der Waals surface area contributed by atoms with Crippen molar-refractivity contribution in [1.82, 2.24) is 0 Å². The Kier molecular flexibility index (Phi) is 8.66. The molecule has 0 fully saturated rings. The zero-order chi connectivity index (χ0) is 14.0. The molecule has 0 saturated carbocycles. The highest BCUT2D eigenvalue weighted by atomic mass is 16.4. The van der Waals surface area contributed by atoms with Gasteiger partial charge in [-0.15, -0.1) is 0 Å². The molecule has 0 spiro atoms. The number of nitrogens with zero attached hydrogens (tertiary/aromatic N) is 1. The summed E-state index contributed by atoms with van der Waals surface area (Å²) in [6, 6.07) is 7.09. The quantitative estimate of drug-likeness (QED) is 0.845. The summed E-state index contributed by atoms with van der Waals surface area (Å²) >= 11 is 0. The maximum atomic E-state index is 10.9. The van der Waals surface area contributed by atoms with E-state index < -0.39 is 5.97 Å². The summed E-state index contributed by atoms with van der Waals surface area (Å²) in [5, 5.41) is 8.98. The predicted octanol–water partition coefficient (Wildman–Crippen LogP) is 2.59. The first-order valence-corrected chi connectivity index (χ1v) is 6.39. The third kappa shape index (κ3) is 5.19. The van der Waals surface area contributed by atoms with E-state index in [4.69, 9.17) is 10.8 Å². The fraction of sp³-hybridized carbons (Fsp3) is 0.500. The van der Waals surface area contributed by atoms with Crippen LogP contribution in [-0.4, -0.2) is 30.7 Å². The van der Waals surface area contributed by atoms with Gasteiger partial charge in [0.2, 0.25) is 0 Å². The van der Waals surface area contributed by atoms with Crippen LogP contribution in [0, 0.1) is 0 Å². The van der Waals surface area contributed by atoms with Crippen LogP contribution in [0.4, 0.5) is 5.69 Å². The molecule has 4 heteroatoms. The third-order valence-electron chi connectivity index (χ3n) is 2.53. The molecule has 1 rings (SSSR count). The van der Waals surface area contributed by atoms with Crippen molar-refractivity contribution in [2.24, 2.45) is 5.73 Å². The molecule has 102 valence electrons. The van der Waals surface area contributed by atoms with Gasteiger partial charge in [-0.3, -0.25) is 0 Å². The number of benzene rings is 1. The Morgan fingerprint density at radius 2 is 1.72 bits per heavy atom. The van der Waals surface area contributed by atoms with E-state index >= 15 is 0 Å². The van der Waals surface area contributed by atoms with Gasteiger partial charge in [0.05, 0.1) is 11.3 Å². The second-order valence-corrected chi connectivity index (χ2v) is 3.78. The summed E-state index contributed by atoms with van der Waals surface area (Å²) in [4.78, 5) is 13.0. The lowest BCUT2D eigenvalue weighted by atomic mass is 10.1. The summed E-state index contributed by atoms with van der Waals surface area (Å²) in [6.07, 6.45) is 1.10. The minimum absolute atomic E-state index is 0.371. The van der Waals surface area contributed by atoms with Crippen molar-refractivity contribution >= 4 is 11.7 Å². The molecular formula is C14H24N2O2. The van der Waals surface area contributed by atoms with Gasteiger partial charge in [0.25, 0.3) is 0 Å². The lowest BCUT2D eigenvalue weighted by molar-refractivity contribution is 0.0697. The average molecular weight is 252 g/mol. The molecule has 0 aliphatic carbocycles. The molecule has 0 unspecified atom stereocenters. The van der Waals surface area contributed by atoms with E-state index in [0.29, 0.717) is 5.56 Å². The summed E-state index contributed by atoms with van der Waals surface area (Å²) in [5.74, 6) is -0.868. The molecule has 3 N–H and O–H groups in total. The number of hydrogen-bond acceptors (Lipinski definition) is 3. The van der Waals surface area contributed by atoms with Crippen molar-refractivity contribution in [3.05, 3.63) is 29.8 Å². The standard InChI is InChI=1S/C11H15NO2.C3H9N/c1-3-12(4-2)10-8-6-5-7-9(10)11(13)14;1-2-3-4/h5-8H,3-4H2,1-2H3,(H,13,14);2-4H2,1H3. The Balaban J connectivity index is 0.000000631. The molecule has 4 nitrogen and oxygen atoms in total. The smallest absolute Gasteiger partial charge is 0.337 e. The van der Waals surface area contributed by atoms with Crippen LogP contribution in [0.3, 0.4) is 0 Å². The Labute approximate surface area is 109 Å². The van der Waals surface area contributed by atoms with Gasteiger partial charge >= 0.3 is 5.97 Å². The van der Waals surface area contributed by atoms with Crippen LogP contribution >= 0.6 is 0 Å². The normalized spacial score (nSPS) is 9.33. The number of carbonyl (C=O) groups is 1. The maximum Gasteiger partial charge on any atom is 0.337 e. The highest BCUT2D eigenvalue weighted by molar-refractivity contribution is 5.94. The summed E-state index contributed by atoms with van der Waals surface area (Å²) in [6.45, 7) is 8.55. The third-order valence-corrected chi connectivity index (χ3v) is 2.53. The number of para-hydroxylation sites is 1. The van der Waals surface area contributed by atoms with E-state index in [2.05, 4.69) is 6.92 Å². The van der Waals surface area contributed by atoms with E-state index in [0.717, 1.165) is 31.7 Å². The first kappa shape index (κ1) is 16.4. The number of carboxylic acid groups (broad SMARTS) is 1. The Morgan fingerprint density at radius 3 is 2.11 bits per heavy atom. The SMILES string of the molecule is CCCN.CCN(CC)c1ccccc1C(=O)O. The first-order valence-electron chi connectivity index (χ1n) is 6.39. The largest absolute Gasteiger partial charge is 0.478 e. The maximum absolute atomic E-state index is 10.9. The molecule has 0 saturated heterocycles. The van der Waals surface area contributed by atoms with Gasteiger partial charge in [0.15, 0.2) is 0 Å². The molecule has 0 amide bonds. The van der Waals surface area contributed by atoms with Crippen molar-refractivity contribution < 1.29 is 9.90 Å². The van der Waals surface area contributed by atoms with E-state index in [1.54, 1.807) is 12.1 Å². The lowest BCUT2D eigenvalue weighted by Gasteiger charge is -2.22. The van der Waals surface area contributed by atoms with Crippen molar-refractivity contribution in [2.45, 2.75) is 27.2 Å². The van der Waals surface area contributed by atoms with Crippen LogP contribution in [0.15, 0.2) is 24.3 Å². The van der Waals surface area contributed by atoms with E-state index in [9.17, 15) is 4.79 Å². The molecule has 0 heterocycles. The number of hydrogen-bond donors (Lipinski definition) is 2. The Morgan fingerprint density at radius 1 is 1.22 bits per heavy atom. The summed E-state index contributed by atoms with van der Waals surface area (Å²) in [5.41, 5.74) is 6.20. The van der Waals surface area contributed by atoms with Gasteiger partial charge in [-0.1, -0.05) is 19.1 Å². The second-order valence-electron chi connectivity index (χ2n) is 3.78. The van der Waals surface area contributed by atoms with Gasteiger partial charge in [-0.25, -0.2) is 4.79 Å². The molecule has 1 aromatic rings. The van der Waals surface area contributed by atoms with Crippen molar-refractivity contribution in [3.8, 4) is 0 Å². The second kappa shape index (κ2) is 9.48. The minimum atomic E-state index is -0.868. The minimum Gasteiger partial charge on any atom is -0.478 e. The highest BCUT2D eigenvalue weighted by Crippen LogP contribution is 2.19. The van der Waals surface area contributed by atoms with E-state index in [-0.39, 0.29) is 0 Å². The predicted molar refractivity (Wildman–Crippen MR) is 76.3 cm³/mol. The van der Waals surface area contributed by atoms with Gasteiger partial charge in [0, 0.05) is 13.1 Å². The van der Waals surface area contributed by atoms with Crippen LogP contribution < -0.4 is 10.6 Å². The number of rotatable bonds is 5. The fourth-order valence-electron chi connectivity index (χ4n) is 1.49. The molecule has 18 heavy (non-hydrogen) atoms. The molecule has 0 aliphatic rings. The van der Waals surface area contributed by atoms with Gasteiger partial charge in [-0.05, 0) is 38.9 Å².